The van der Waals surface area contributed by atoms with Crippen LogP contribution in [0.3, 0.4) is 0 Å². The number of alkyl halides is 8. The standard InChI is InChI=1S/C37H43ClF8N4O5/c1-21(2)50(25-11-7-22(8-12-25)13-15-48(20-36(41,42)43)30(51)17-23-5-9-24(38)10-6-23)33(53)26-18-28-29(19-27(26)37(44,45)46)55-35(3,4)34(54)49(28)16-14-47-32(52)31(39)40/h5-6,9-10,18-19,21-22,25,31H,7-8,11-17,20H2,1-4H3,(H,47,52). The largest absolute Gasteiger partial charge is 0.476 e. The first-order valence-electron chi connectivity index (χ1n) is 17.7. The molecule has 0 aromatic heterocycles. The van der Waals surface area contributed by atoms with E-state index in [-0.39, 0.29) is 36.7 Å². The lowest BCUT2D eigenvalue weighted by molar-refractivity contribution is -0.161. The predicted octanol–water partition coefficient (Wildman–Crippen LogP) is 7.68. The molecule has 2 aliphatic rings. The second-order valence-corrected chi connectivity index (χ2v) is 15.0. The Labute approximate surface area is 318 Å². The fourth-order valence-electron chi connectivity index (χ4n) is 7.02. The second-order valence-electron chi connectivity index (χ2n) is 14.5. The zero-order valence-corrected chi connectivity index (χ0v) is 31.4. The molecule has 18 heteroatoms. The Hall–Kier alpha value is -4.15. The van der Waals surface area contributed by atoms with Crippen LogP contribution in [0.2, 0.25) is 5.02 Å². The normalized spacial score (nSPS) is 18.5. The number of hydrogen-bond acceptors (Lipinski definition) is 5. The number of halogens is 9. The van der Waals surface area contributed by atoms with Gasteiger partial charge in [0.25, 0.3) is 17.7 Å². The molecule has 0 unspecified atom stereocenters. The molecule has 1 N–H and O–H groups in total. The average molecular weight is 811 g/mol. The number of amides is 4. The van der Waals surface area contributed by atoms with Gasteiger partial charge in [0.2, 0.25) is 5.91 Å². The molecule has 0 radical (unpaired) electrons. The summed E-state index contributed by atoms with van der Waals surface area (Å²) in [6.07, 6.45) is -11.5. The van der Waals surface area contributed by atoms with Crippen LogP contribution in [0, 0.1) is 5.92 Å². The number of anilines is 1. The summed E-state index contributed by atoms with van der Waals surface area (Å²) < 4.78 is 115. The highest BCUT2D eigenvalue weighted by Gasteiger charge is 2.45. The Balaban J connectivity index is 1.53. The Morgan fingerprint density at radius 1 is 1.00 bits per heavy atom. The third kappa shape index (κ3) is 11.2. The quantitative estimate of drug-likeness (QED) is 0.210. The number of hydrogen-bond donors (Lipinski definition) is 1. The van der Waals surface area contributed by atoms with Gasteiger partial charge in [-0.15, -0.1) is 0 Å². The summed E-state index contributed by atoms with van der Waals surface area (Å²) >= 11 is 5.87. The summed E-state index contributed by atoms with van der Waals surface area (Å²) in [7, 11) is 0. The van der Waals surface area contributed by atoms with Crippen molar-refractivity contribution in [2.24, 2.45) is 5.92 Å². The van der Waals surface area contributed by atoms with Crippen LogP contribution in [0.25, 0.3) is 0 Å². The van der Waals surface area contributed by atoms with E-state index in [1.807, 2.05) is 5.32 Å². The highest BCUT2D eigenvalue weighted by molar-refractivity contribution is 6.30. The monoisotopic (exact) mass is 810 g/mol. The summed E-state index contributed by atoms with van der Waals surface area (Å²) in [5.74, 6) is -4.55. The van der Waals surface area contributed by atoms with Gasteiger partial charge in [-0.25, -0.2) is 0 Å². The lowest BCUT2D eigenvalue weighted by Gasteiger charge is -2.41. The van der Waals surface area contributed by atoms with Gasteiger partial charge in [-0.2, -0.15) is 35.1 Å². The first kappa shape index (κ1) is 43.6. The zero-order valence-electron chi connectivity index (χ0n) is 30.6. The van der Waals surface area contributed by atoms with Gasteiger partial charge in [0.15, 0.2) is 5.60 Å². The molecule has 1 aliphatic carbocycles. The third-order valence-corrected chi connectivity index (χ3v) is 9.94. The summed E-state index contributed by atoms with van der Waals surface area (Å²) in [5, 5.41) is 2.36. The second kappa shape index (κ2) is 17.3. The van der Waals surface area contributed by atoms with Crippen LogP contribution in [0.1, 0.15) is 81.3 Å². The average Bonchev–Trinajstić information content (AvgIpc) is 3.08. The van der Waals surface area contributed by atoms with Crippen LogP contribution in [0.5, 0.6) is 5.75 Å². The maximum Gasteiger partial charge on any atom is 0.417 e. The Morgan fingerprint density at radius 3 is 2.16 bits per heavy atom. The van der Waals surface area contributed by atoms with Crippen LogP contribution < -0.4 is 15.0 Å². The third-order valence-electron chi connectivity index (χ3n) is 9.68. The molecule has 0 atom stereocenters. The molecule has 1 saturated carbocycles. The van der Waals surface area contributed by atoms with Crippen LogP contribution in [-0.4, -0.2) is 89.9 Å². The minimum Gasteiger partial charge on any atom is -0.476 e. The summed E-state index contributed by atoms with van der Waals surface area (Å²) in [4.78, 5) is 55.0. The van der Waals surface area contributed by atoms with E-state index in [0.717, 1.165) is 15.9 Å². The fraction of sp³-hybridized carbons (Fsp3) is 0.568. The molecule has 9 nitrogen and oxygen atoms in total. The molecule has 304 valence electrons. The number of fused-ring (bicyclic) bond motifs is 1. The van der Waals surface area contributed by atoms with E-state index in [1.165, 1.54) is 30.9 Å². The van der Waals surface area contributed by atoms with E-state index in [2.05, 4.69) is 0 Å². The minimum absolute atomic E-state index is 0.125. The zero-order chi connectivity index (χ0) is 41.0. The van der Waals surface area contributed by atoms with Gasteiger partial charge in [-0.05, 0) is 95.5 Å². The number of carbonyl (C=O) groups excluding carboxylic acids is 4. The van der Waals surface area contributed by atoms with Gasteiger partial charge in [-0.3, -0.25) is 19.2 Å². The van der Waals surface area contributed by atoms with Crippen molar-refractivity contribution in [1.82, 2.24) is 15.1 Å². The molecular weight excluding hydrogens is 768 g/mol. The van der Waals surface area contributed by atoms with Crippen LogP contribution in [-0.2, 0) is 27.0 Å². The van der Waals surface area contributed by atoms with Gasteiger partial charge in [0.1, 0.15) is 12.3 Å². The topological polar surface area (TPSA) is 99.3 Å². The first-order chi connectivity index (χ1) is 25.5. The Morgan fingerprint density at radius 2 is 1.62 bits per heavy atom. The van der Waals surface area contributed by atoms with Crippen LogP contribution in [0.15, 0.2) is 36.4 Å². The molecule has 1 heterocycles. The minimum atomic E-state index is -5.04. The van der Waals surface area contributed by atoms with Crippen molar-refractivity contribution in [3.8, 4) is 5.75 Å². The van der Waals surface area contributed by atoms with E-state index >= 15 is 0 Å². The summed E-state index contributed by atoms with van der Waals surface area (Å²) in [5.41, 5.74) is -3.48. The molecule has 0 saturated heterocycles. The van der Waals surface area contributed by atoms with Crippen molar-refractivity contribution in [3.05, 3.63) is 58.1 Å². The van der Waals surface area contributed by atoms with Gasteiger partial charge in [-0.1, -0.05) is 23.7 Å². The van der Waals surface area contributed by atoms with E-state index in [1.54, 1.807) is 26.0 Å². The molecule has 2 aromatic carbocycles. The molecule has 1 fully saturated rings. The van der Waals surface area contributed by atoms with Crippen molar-refractivity contribution in [2.45, 2.75) is 103 Å². The van der Waals surface area contributed by atoms with E-state index in [9.17, 15) is 54.3 Å². The highest BCUT2D eigenvalue weighted by Crippen LogP contribution is 2.45. The van der Waals surface area contributed by atoms with E-state index in [4.69, 9.17) is 16.3 Å². The molecule has 4 rings (SSSR count). The smallest absolute Gasteiger partial charge is 0.417 e. The van der Waals surface area contributed by atoms with Crippen LogP contribution in [0.4, 0.5) is 40.8 Å². The molecule has 55 heavy (non-hydrogen) atoms. The lowest BCUT2D eigenvalue weighted by atomic mass is 9.82. The number of ether oxygens (including phenoxy) is 1. The van der Waals surface area contributed by atoms with E-state index < -0.39 is 90.9 Å². The molecule has 2 aromatic rings. The molecule has 0 bridgehead atoms. The summed E-state index contributed by atoms with van der Waals surface area (Å²) in [6.45, 7) is 3.38. The molecule has 1 aliphatic heterocycles. The van der Waals surface area contributed by atoms with Crippen molar-refractivity contribution in [1.29, 1.82) is 0 Å². The number of carbonyl (C=O) groups is 4. The predicted molar refractivity (Wildman–Crippen MR) is 187 cm³/mol. The lowest BCUT2D eigenvalue weighted by Crippen LogP contribution is -2.54. The Kier molecular flexibility index (Phi) is 13.7. The highest BCUT2D eigenvalue weighted by atomic mass is 35.5. The molecule has 4 amide bonds. The number of nitrogens with zero attached hydrogens (tertiary/aromatic N) is 3. The summed E-state index contributed by atoms with van der Waals surface area (Å²) in [6, 6.07) is 6.55. The number of rotatable bonds is 13. The van der Waals surface area contributed by atoms with Gasteiger partial charge >= 0.3 is 18.8 Å². The van der Waals surface area contributed by atoms with Gasteiger partial charge in [0.05, 0.1) is 23.2 Å². The molecule has 0 spiro atoms. The Bertz CT molecular complexity index is 1710. The number of benzene rings is 2. The van der Waals surface area contributed by atoms with E-state index in [0.29, 0.717) is 42.3 Å². The van der Waals surface area contributed by atoms with Crippen LogP contribution >= 0.6 is 11.6 Å². The fourth-order valence-corrected chi connectivity index (χ4v) is 7.15. The van der Waals surface area contributed by atoms with Gasteiger partial charge < -0.3 is 24.8 Å². The first-order valence-corrected chi connectivity index (χ1v) is 18.1. The van der Waals surface area contributed by atoms with Crippen molar-refractivity contribution < 1.29 is 59.0 Å². The molecular formula is C37H43ClF8N4O5. The van der Waals surface area contributed by atoms with Crippen molar-refractivity contribution >= 4 is 40.9 Å². The van der Waals surface area contributed by atoms with Crippen molar-refractivity contribution in [3.63, 3.8) is 0 Å². The SMILES string of the molecule is CC(C)N(C(=O)c1cc2c(cc1C(F)(F)F)OC(C)(C)C(=O)N2CCNC(=O)C(F)F)C1CCC(CCN(CC(F)(F)F)C(=O)Cc2ccc(Cl)cc2)CC1. The van der Waals surface area contributed by atoms with Gasteiger partial charge in [0, 0.05) is 36.7 Å². The maximum absolute atomic E-state index is 14.6. The van der Waals surface area contributed by atoms with Crippen molar-refractivity contribution in [2.75, 3.05) is 31.1 Å². The number of nitrogens with one attached hydrogen (secondary N) is 1. The maximum atomic E-state index is 14.6.